The van der Waals surface area contributed by atoms with Crippen molar-refractivity contribution in [2.75, 3.05) is 0 Å². The van der Waals surface area contributed by atoms with Gasteiger partial charge in [0.2, 0.25) is 0 Å². The largest absolute Gasteiger partial charge is 0.305 e. The van der Waals surface area contributed by atoms with Crippen LogP contribution in [0.4, 0.5) is 0 Å². The molecule has 0 amide bonds. The zero-order chi connectivity index (χ0) is 18.4. The molecule has 136 valence electrons. The van der Waals surface area contributed by atoms with Gasteiger partial charge in [-0.05, 0) is 67.0 Å². The summed E-state index contributed by atoms with van der Waals surface area (Å²) in [6, 6.07) is 9.26. The van der Waals surface area contributed by atoms with Crippen LogP contribution in [0.5, 0.6) is 0 Å². The minimum absolute atomic E-state index is 0.347. The zero-order valence-corrected chi connectivity index (χ0v) is 17.6. The maximum absolute atomic E-state index is 5.05. The molecule has 3 nitrogen and oxygen atoms in total. The number of halogens is 1. The number of rotatable bonds is 4. The van der Waals surface area contributed by atoms with E-state index in [0.29, 0.717) is 12.0 Å². The van der Waals surface area contributed by atoms with E-state index in [0.717, 1.165) is 52.8 Å². The molecule has 0 radical (unpaired) electrons. The van der Waals surface area contributed by atoms with Gasteiger partial charge < -0.3 is 4.57 Å². The van der Waals surface area contributed by atoms with Gasteiger partial charge >= 0.3 is 0 Å². The summed E-state index contributed by atoms with van der Waals surface area (Å²) in [5.41, 5.74) is 7.47. The summed E-state index contributed by atoms with van der Waals surface area (Å²) in [5.74, 6) is 1.77. The third-order valence-electron chi connectivity index (χ3n) is 5.34. The number of fused-ring (bicyclic) bond motifs is 2. The fourth-order valence-electron chi connectivity index (χ4n) is 4.32. The molecule has 0 saturated heterocycles. The molecule has 3 aromatic rings. The normalized spacial score (nSPS) is 16.6. The average molecular weight is 412 g/mol. The monoisotopic (exact) mass is 411 g/mol. The molecule has 0 unspecified atom stereocenters. The molecule has 26 heavy (non-hydrogen) atoms. The standard InChI is InChI=1S/C22H26BrN3/c1-5-20-25-21-16(10-13(2)3)11-14(4)24-22(21)26(20)19-9-6-15-12-17(23)7-8-18(15)19/h7-8,11-13,19H,5-6,9-10H2,1-4H3/t19-/m0/s1. The lowest BCUT2D eigenvalue weighted by Crippen LogP contribution is -2.12. The van der Waals surface area contributed by atoms with Gasteiger partial charge in [-0.2, -0.15) is 0 Å². The maximum Gasteiger partial charge on any atom is 0.161 e. The van der Waals surface area contributed by atoms with Gasteiger partial charge in [-0.25, -0.2) is 9.97 Å². The molecule has 1 atom stereocenters. The maximum atomic E-state index is 5.05. The van der Waals surface area contributed by atoms with Crippen LogP contribution in [0.3, 0.4) is 0 Å². The van der Waals surface area contributed by atoms with Crippen molar-refractivity contribution in [2.45, 2.75) is 59.4 Å². The van der Waals surface area contributed by atoms with Crippen LogP contribution in [0.1, 0.15) is 61.4 Å². The Labute approximate surface area is 164 Å². The van der Waals surface area contributed by atoms with Crippen molar-refractivity contribution in [3.8, 4) is 0 Å². The molecule has 2 heterocycles. The summed E-state index contributed by atoms with van der Waals surface area (Å²) in [6.07, 6.45) is 4.22. The van der Waals surface area contributed by atoms with Gasteiger partial charge in [0.15, 0.2) is 5.65 Å². The van der Waals surface area contributed by atoms with Crippen LogP contribution in [0.15, 0.2) is 28.7 Å². The number of pyridine rings is 1. The van der Waals surface area contributed by atoms with Crippen molar-refractivity contribution >= 4 is 27.1 Å². The second-order valence-electron chi connectivity index (χ2n) is 7.84. The molecule has 4 heteroatoms. The molecule has 1 aliphatic rings. The predicted molar refractivity (Wildman–Crippen MR) is 111 cm³/mol. The highest BCUT2D eigenvalue weighted by Crippen LogP contribution is 2.38. The highest BCUT2D eigenvalue weighted by atomic mass is 79.9. The van der Waals surface area contributed by atoms with Gasteiger partial charge in [0, 0.05) is 16.6 Å². The Morgan fingerprint density at radius 3 is 2.77 bits per heavy atom. The smallest absolute Gasteiger partial charge is 0.161 e. The van der Waals surface area contributed by atoms with Crippen LogP contribution < -0.4 is 0 Å². The topological polar surface area (TPSA) is 30.7 Å². The number of aryl methyl sites for hydroxylation is 3. The summed E-state index contributed by atoms with van der Waals surface area (Å²) in [5, 5.41) is 0. The lowest BCUT2D eigenvalue weighted by molar-refractivity contribution is 0.566. The Morgan fingerprint density at radius 1 is 1.23 bits per heavy atom. The average Bonchev–Trinajstić information content (AvgIpc) is 3.14. The Balaban J connectivity index is 1.92. The fraction of sp³-hybridized carbons (Fsp3) is 0.455. The molecule has 0 saturated carbocycles. The van der Waals surface area contributed by atoms with Gasteiger partial charge in [-0.3, -0.25) is 0 Å². The molecule has 1 aliphatic carbocycles. The third-order valence-corrected chi connectivity index (χ3v) is 5.83. The van der Waals surface area contributed by atoms with Crippen molar-refractivity contribution in [1.29, 1.82) is 0 Å². The number of hydrogen-bond acceptors (Lipinski definition) is 2. The van der Waals surface area contributed by atoms with E-state index in [1.807, 2.05) is 0 Å². The number of aromatic nitrogens is 3. The number of nitrogens with zero attached hydrogens (tertiary/aromatic N) is 3. The summed E-state index contributed by atoms with van der Waals surface area (Å²) < 4.78 is 3.59. The van der Waals surface area contributed by atoms with Crippen LogP contribution in [0.2, 0.25) is 0 Å². The number of benzene rings is 1. The molecular weight excluding hydrogens is 386 g/mol. The molecule has 0 aliphatic heterocycles. The molecule has 1 aromatic carbocycles. The van der Waals surface area contributed by atoms with Crippen LogP contribution in [0, 0.1) is 12.8 Å². The van der Waals surface area contributed by atoms with E-state index in [4.69, 9.17) is 9.97 Å². The number of hydrogen-bond donors (Lipinski definition) is 0. The molecule has 2 aromatic heterocycles. The van der Waals surface area contributed by atoms with Crippen molar-refractivity contribution in [1.82, 2.24) is 14.5 Å². The van der Waals surface area contributed by atoms with E-state index in [1.165, 1.54) is 16.7 Å². The Kier molecular flexibility index (Phi) is 4.64. The van der Waals surface area contributed by atoms with Crippen LogP contribution in [-0.2, 0) is 19.3 Å². The first-order valence-electron chi connectivity index (χ1n) is 9.63. The van der Waals surface area contributed by atoms with Gasteiger partial charge in [-0.1, -0.05) is 42.8 Å². The Hall–Kier alpha value is -1.68. The lowest BCUT2D eigenvalue weighted by Gasteiger charge is -2.18. The van der Waals surface area contributed by atoms with Gasteiger partial charge in [0.1, 0.15) is 11.3 Å². The van der Waals surface area contributed by atoms with Gasteiger partial charge in [0.05, 0.1) is 6.04 Å². The molecule has 4 rings (SSSR count). The van der Waals surface area contributed by atoms with Crippen LogP contribution >= 0.6 is 15.9 Å². The van der Waals surface area contributed by atoms with Gasteiger partial charge in [0.25, 0.3) is 0 Å². The number of imidazole rings is 1. The summed E-state index contributed by atoms with van der Waals surface area (Å²) in [6.45, 7) is 8.84. The third kappa shape index (κ3) is 2.98. The van der Waals surface area contributed by atoms with Crippen LogP contribution in [0.25, 0.3) is 11.2 Å². The van der Waals surface area contributed by atoms with E-state index in [2.05, 4.69) is 72.5 Å². The highest BCUT2D eigenvalue weighted by molar-refractivity contribution is 9.10. The van der Waals surface area contributed by atoms with E-state index in [-0.39, 0.29) is 0 Å². The molecule has 0 spiro atoms. The van der Waals surface area contributed by atoms with Crippen molar-refractivity contribution in [2.24, 2.45) is 5.92 Å². The van der Waals surface area contributed by atoms with Crippen LogP contribution in [-0.4, -0.2) is 14.5 Å². The predicted octanol–water partition coefficient (Wildman–Crippen LogP) is 5.80. The van der Waals surface area contributed by atoms with E-state index >= 15 is 0 Å². The Morgan fingerprint density at radius 2 is 2.04 bits per heavy atom. The molecule has 0 N–H and O–H groups in total. The molecule has 0 fully saturated rings. The minimum atomic E-state index is 0.347. The lowest BCUT2D eigenvalue weighted by atomic mass is 10.0. The van der Waals surface area contributed by atoms with E-state index < -0.39 is 0 Å². The zero-order valence-electron chi connectivity index (χ0n) is 16.0. The van der Waals surface area contributed by atoms with E-state index in [9.17, 15) is 0 Å². The molecule has 0 bridgehead atoms. The van der Waals surface area contributed by atoms with Crippen molar-refractivity contribution < 1.29 is 0 Å². The first-order chi connectivity index (χ1) is 12.5. The van der Waals surface area contributed by atoms with Crippen molar-refractivity contribution in [3.05, 3.63) is 56.9 Å². The SMILES string of the molecule is CCc1nc2c(CC(C)C)cc(C)nc2n1[C@H]1CCc2cc(Br)ccc21. The minimum Gasteiger partial charge on any atom is -0.305 e. The second kappa shape index (κ2) is 6.80. The second-order valence-corrected chi connectivity index (χ2v) is 8.76. The fourth-order valence-corrected chi connectivity index (χ4v) is 4.72. The van der Waals surface area contributed by atoms with Gasteiger partial charge in [-0.15, -0.1) is 0 Å². The Bertz CT molecular complexity index is 971. The highest BCUT2D eigenvalue weighted by Gasteiger charge is 2.28. The quantitative estimate of drug-likeness (QED) is 0.542. The molecular formula is C22H26BrN3. The summed E-state index contributed by atoms with van der Waals surface area (Å²) >= 11 is 3.61. The summed E-state index contributed by atoms with van der Waals surface area (Å²) in [4.78, 5) is 9.99. The van der Waals surface area contributed by atoms with E-state index in [1.54, 1.807) is 0 Å². The summed E-state index contributed by atoms with van der Waals surface area (Å²) in [7, 11) is 0. The first-order valence-corrected chi connectivity index (χ1v) is 10.4. The van der Waals surface area contributed by atoms with Crippen molar-refractivity contribution in [3.63, 3.8) is 0 Å². The first kappa shape index (κ1) is 17.7.